The van der Waals surface area contributed by atoms with Crippen molar-refractivity contribution in [3.63, 3.8) is 0 Å². The van der Waals surface area contributed by atoms with E-state index in [2.05, 4.69) is 4.98 Å². The molecule has 0 aliphatic carbocycles. The van der Waals surface area contributed by atoms with E-state index in [1.54, 1.807) is 0 Å². The first kappa shape index (κ1) is 18.6. The molecule has 0 aliphatic rings. The van der Waals surface area contributed by atoms with Gasteiger partial charge in [-0.1, -0.05) is 6.07 Å². The summed E-state index contributed by atoms with van der Waals surface area (Å²) in [5.41, 5.74) is 3.16. The van der Waals surface area contributed by atoms with Crippen molar-refractivity contribution in [1.29, 1.82) is 5.41 Å². The summed E-state index contributed by atoms with van der Waals surface area (Å²) in [6.45, 7) is 2.84. The number of hydrogen-bond donors (Lipinski definition) is 3. The number of halogens is 3. The van der Waals surface area contributed by atoms with Gasteiger partial charge in [0.25, 0.3) is 0 Å². The van der Waals surface area contributed by atoms with Crippen molar-refractivity contribution in [1.82, 2.24) is 4.98 Å². The molecule has 0 spiro atoms. The van der Waals surface area contributed by atoms with Crippen molar-refractivity contribution in [2.45, 2.75) is 25.6 Å². The number of pyridine rings is 1. The predicted molar refractivity (Wildman–Crippen MR) is 86.7 cm³/mol. The molecular formula is C17H16F3N3O2. The van der Waals surface area contributed by atoms with E-state index in [0.29, 0.717) is 0 Å². The Labute approximate surface area is 141 Å². The lowest BCUT2D eigenvalue weighted by Crippen LogP contribution is -2.22. The second-order valence-corrected chi connectivity index (χ2v) is 5.97. The number of ketones is 1. The molecule has 0 amide bonds. The maximum Gasteiger partial charge on any atom is 0.433 e. The summed E-state index contributed by atoms with van der Waals surface area (Å²) in [5.74, 6) is -0.800. The highest BCUT2D eigenvalue weighted by atomic mass is 19.4. The Morgan fingerprint density at radius 3 is 2.44 bits per heavy atom. The van der Waals surface area contributed by atoms with Crippen molar-refractivity contribution in [3.8, 4) is 0 Å². The van der Waals surface area contributed by atoms with Gasteiger partial charge in [0, 0.05) is 23.0 Å². The van der Waals surface area contributed by atoms with Crippen LogP contribution in [-0.2, 0) is 11.8 Å². The second-order valence-electron chi connectivity index (χ2n) is 5.97. The third-order valence-corrected chi connectivity index (χ3v) is 3.55. The van der Waals surface area contributed by atoms with Crippen LogP contribution in [-0.4, -0.2) is 22.1 Å². The molecule has 2 rings (SSSR count). The highest BCUT2D eigenvalue weighted by Crippen LogP contribution is 2.31. The molecule has 132 valence electrons. The average Bonchev–Trinajstić information content (AvgIpc) is 2.52. The quantitative estimate of drug-likeness (QED) is 0.447. The fraction of sp³-hybridized carbons (Fsp3) is 0.235. The fourth-order valence-corrected chi connectivity index (χ4v) is 2.31. The molecule has 0 unspecified atom stereocenters. The van der Waals surface area contributed by atoms with Crippen molar-refractivity contribution < 1.29 is 23.1 Å². The lowest BCUT2D eigenvalue weighted by molar-refractivity contribution is -0.141. The topological polar surface area (TPSA) is 100 Å². The zero-order valence-electron chi connectivity index (χ0n) is 13.5. The minimum atomic E-state index is -4.68. The van der Waals surface area contributed by atoms with Gasteiger partial charge in [-0.05, 0) is 43.7 Å². The molecule has 1 aromatic heterocycles. The minimum Gasteiger partial charge on any atom is -0.398 e. The standard InChI is InChI=1S/C17H16F3N3O2/c1-16(2,25)11-7-12(22)9(8-21)6-10(11)15(24)13-4-3-5-14(23-13)17(18,19)20/h3-8,21,25H,22H2,1-2H3. The van der Waals surface area contributed by atoms with E-state index in [9.17, 15) is 23.1 Å². The third-order valence-electron chi connectivity index (χ3n) is 3.55. The highest BCUT2D eigenvalue weighted by molar-refractivity contribution is 6.10. The number of nitrogens with one attached hydrogen (secondary N) is 1. The number of benzene rings is 1. The monoisotopic (exact) mass is 351 g/mol. The molecule has 2 aromatic rings. The van der Waals surface area contributed by atoms with Crippen LogP contribution >= 0.6 is 0 Å². The molecule has 1 heterocycles. The Hall–Kier alpha value is -2.74. The molecule has 4 N–H and O–H groups in total. The van der Waals surface area contributed by atoms with Gasteiger partial charge in [0.15, 0.2) is 0 Å². The lowest BCUT2D eigenvalue weighted by Gasteiger charge is -2.22. The summed E-state index contributed by atoms with van der Waals surface area (Å²) in [4.78, 5) is 16.1. The van der Waals surface area contributed by atoms with E-state index in [4.69, 9.17) is 11.1 Å². The number of anilines is 1. The van der Waals surface area contributed by atoms with Gasteiger partial charge in [-0.2, -0.15) is 13.2 Å². The molecule has 8 heteroatoms. The van der Waals surface area contributed by atoms with E-state index >= 15 is 0 Å². The Morgan fingerprint density at radius 2 is 1.92 bits per heavy atom. The number of carbonyl (C=O) groups is 1. The lowest BCUT2D eigenvalue weighted by atomic mass is 9.88. The van der Waals surface area contributed by atoms with Gasteiger partial charge in [0.05, 0.1) is 5.60 Å². The number of hydrogen-bond acceptors (Lipinski definition) is 5. The predicted octanol–water partition coefficient (Wildman–Crippen LogP) is 3.14. The summed E-state index contributed by atoms with van der Waals surface area (Å²) in [6.07, 6.45) is -3.77. The zero-order valence-corrected chi connectivity index (χ0v) is 13.5. The SMILES string of the molecule is CC(C)(O)c1cc(N)c(C=N)cc1C(=O)c1cccc(C(F)(F)F)n1. The summed E-state index contributed by atoms with van der Waals surface area (Å²) >= 11 is 0. The molecule has 1 aromatic carbocycles. The van der Waals surface area contributed by atoms with Crippen molar-refractivity contribution in [2.24, 2.45) is 0 Å². The molecular weight excluding hydrogens is 335 g/mol. The first-order valence-electron chi connectivity index (χ1n) is 7.21. The van der Waals surface area contributed by atoms with Crippen LogP contribution in [0.15, 0.2) is 30.3 Å². The largest absolute Gasteiger partial charge is 0.433 e. The van der Waals surface area contributed by atoms with Crippen LogP contribution in [0.1, 0.15) is 46.7 Å². The zero-order chi connectivity index (χ0) is 19.0. The first-order chi connectivity index (χ1) is 11.4. The van der Waals surface area contributed by atoms with Gasteiger partial charge in [-0.3, -0.25) is 4.79 Å². The maximum absolute atomic E-state index is 12.8. The smallest absolute Gasteiger partial charge is 0.398 e. The fourth-order valence-electron chi connectivity index (χ4n) is 2.31. The number of carbonyl (C=O) groups excluding carboxylic acids is 1. The van der Waals surface area contributed by atoms with Gasteiger partial charge < -0.3 is 16.2 Å². The van der Waals surface area contributed by atoms with E-state index in [1.807, 2.05) is 0 Å². The molecule has 0 bridgehead atoms. The van der Waals surface area contributed by atoms with Gasteiger partial charge in [-0.15, -0.1) is 0 Å². The Bertz CT molecular complexity index is 840. The minimum absolute atomic E-state index is 0.0629. The molecule has 25 heavy (non-hydrogen) atoms. The summed E-state index contributed by atoms with van der Waals surface area (Å²) in [6, 6.07) is 5.61. The average molecular weight is 351 g/mol. The van der Waals surface area contributed by atoms with Gasteiger partial charge in [-0.25, -0.2) is 4.98 Å². The van der Waals surface area contributed by atoms with E-state index in [0.717, 1.165) is 24.4 Å². The molecule has 0 atom stereocenters. The van der Waals surface area contributed by atoms with Crippen LogP contribution in [0.25, 0.3) is 0 Å². The summed E-state index contributed by atoms with van der Waals surface area (Å²) in [5, 5.41) is 17.6. The second kappa shape index (κ2) is 6.29. The van der Waals surface area contributed by atoms with Gasteiger partial charge in [0.1, 0.15) is 11.4 Å². The normalized spacial score (nSPS) is 12.1. The number of aromatic nitrogens is 1. The molecule has 0 saturated heterocycles. The van der Waals surface area contributed by atoms with Crippen LogP contribution < -0.4 is 5.73 Å². The number of aliphatic hydroxyl groups is 1. The molecule has 0 saturated carbocycles. The number of nitrogen functional groups attached to an aromatic ring is 1. The van der Waals surface area contributed by atoms with E-state index < -0.39 is 28.9 Å². The first-order valence-corrected chi connectivity index (χ1v) is 7.21. The number of rotatable bonds is 4. The van der Waals surface area contributed by atoms with Crippen LogP contribution in [0, 0.1) is 5.41 Å². The molecule has 0 aliphatic heterocycles. The summed E-state index contributed by atoms with van der Waals surface area (Å²) < 4.78 is 38.4. The Morgan fingerprint density at radius 1 is 1.28 bits per heavy atom. The molecule has 0 radical (unpaired) electrons. The Kier molecular flexibility index (Phi) is 4.68. The van der Waals surface area contributed by atoms with E-state index in [1.165, 1.54) is 26.0 Å². The van der Waals surface area contributed by atoms with Crippen LogP contribution in [0.4, 0.5) is 18.9 Å². The van der Waals surface area contributed by atoms with Gasteiger partial charge in [0.2, 0.25) is 5.78 Å². The van der Waals surface area contributed by atoms with Crippen LogP contribution in [0.5, 0.6) is 0 Å². The number of alkyl halides is 3. The van der Waals surface area contributed by atoms with Gasteiger partial charge >= 0.3 is 6.18 Å². The summed E-state index contributed by atoms with van der Waals surface area (Å²) in [7, 11) is 0. The highest BCUT2D eigenvalue weighted by Gasteiger charge is 2.33. The molecule has 0 fully saturated rings. The number of nitrogens with two attached hydrogens (primary N) is 1. The van der Waals surface area contributed by atoms with Crippen molar-refractivity contribution in [2.75, 3.05) is 5.73 Å². The maximum atomic E-state index is 12.8. The molecule has 5 nitrogen and oxygen atoms in total. The Balaban J connectivity index is 2.65. The van der Waals surface area contributed by atoms with Crippen LogP contribution in [0.2, 0.25) is 0 Å². The number of nitrogens with zero attached hydrogens (tertiary/aromatic N) is 1. The van der Waals surface area contributed by atoms with E-state index in [-0.39, 0.29) is 22.4 Å². The van der Waals surface area contributed by atoms with Crippen molar-refractivity contribution >= 4 is 17.7 Å². The van der Waals surface area contributed by atoms with Crippen LogP contribution in [0.3, 0.4) is 0 Å². The third kappa shape index (κ3) is 3.85. The van der Waals surface area contributed by atoms with Crippen molar-refractivity contribution in [3.05, 3.63) is 58.4 Å².